The molecule has 92 valence electrons. The van der Waals surface area contributed by atoms with Crippen molar-refractivity contribution in [3.63, 3.8) is 0 Å². The van der Waals surface area contributed by atoms with E-state index in [0.717, 1.165) is 12.7 Å². The number of guanidine groups is 1. The SMILES string of the molecule is CS(=O)(=O)NC(=O)OC1(N=C(N)N)CCC1. The van der Waals surface area contributed by atoms with Gasteiger partial charge in [-0.05, 0) is 6.42 Å². The van der Waals surface area contributed by atoms with Crippen LogP contribution in [0.4, 0.5) is 4.79 Å². The summed E-state index contributed by atoms with van der Waals surface area (Å²) >= 11 is 0. The summed E-state index contributed by atoms with van der Waals surface area (Å²) in [6.45, 7) is 0. The molecule has 0 saturated heterocycles. The van der Waals surface area contributed by atoms with Crippen molar-refractivity contribution < 1.29 is 17.9 Å². The second-order valence-corrected chi connectivity index (χ2v) is 5.35. The van der Waals surface area contributed by atoms with Crippen molar-refractivity contribution in [2.24, 2.45) is 16.5 Å². The van der Waals surface area contributed by atoms with Crippen molar-refractivity contribution in [3.8, 4) is 0 Å². The van der Waals surface area contributed by atoms with E-state index in [0.29, 0.717) is 12.8 Å². The molecule has 1 aliphatic carbocycles. The molecule has 0 radical (unpaired) electrons. The largest absolute Gasteiger partial charge is 0.423 e. The lowest BCUT2D eigenvalue weighted by atomic mass is 9.89. The first-order chi connectivity index (χ1) is 7.22. The Bertz CT molecular complexity index is 408. The Morgan fingerprint density at radius 2 is 2.00 bits per heavy atom. The minimum Gasteiger partial charge on any atom is -0.420 e. The number of carbonyl (C=O) groups excluding carboxylic acids is 1. The fraction of sp³-hybridized carbons (Fsp3) is 0.714. The van der Waals surface area contributed by atoms with E-state index in [-0.39, 0.29) is 5.96 Å². The average Bonchev–Trinajstić information content (AvgIpc) is 1.95. The number of hydrogen-bond acceptors (Lipinski definition) is 5. The first-order valence-electron chi connectivity index (χ1n) is 4.54. The van der Waals surface area contributed by atoms with E-state index in [2.05, 4.69) is 4.99 Å². The zero-order chi connectivity index (χ0) is 12.4. The number of sulfonamides is 1. The molecular formula is C7H14N4O4S. The lowest BCUT2D eigenvalue weighted by Gasteiger charge is -2.36. The molecule has 0 aromatic rings. The highest BCUT2D eigenvalue weighted by molar-refractivity contribution is 7.89. The molecule has 0 heterocycles. The topological polar surface area (TPSA) is 137 Å². The molecule has 8 nitrogen and oxygen atoms in total. The van der Waals surface area contributed by atoms with Crippen LogP contribution in [0.1, 0.15) is 19.3 Å². The number of nitrogens with one attached hydrogen (secondary N) is 1. The number of ether oxygens (including phenoxy) is 1. The van der Waals surface area contributed by atoms with Gasteiger partial charge in [0.05, 0.1) is 6.26 Å². The van der Waals surface area contributed by atoms with Crippen LogP contribution in [0.15, 0.2) is 4.99 Å². The van der Waals surface area contributed by atoms with Crippen molar-refractivity contribution >= 4 is 22.1 Å². The van der Waals surface area contributed by atoms with Gasteiger partial charge < -0.3 is 16.2 Å². The van der Waals surface area contributed by atoms with Crippen molar-refractivity contribution in [1.29, 1.82) is 0 Å². The maximum absolute atomic E-state index is 11.2. The number of carbonyl (C=O) groups is 1. The summed E-state index contributed by atoms with van der Waals surface area (Å²) in [5.74, 6) is -0.202. The van der Waals surface area contributed by atoms with E-state index in [1.807, 2.05) is 0 Å². The van der Waals surface area contributed by atoms with E-state index in [4.69, 9.17) is 16.2 Å². The molecule has 16 heavy (non-hydrogen) atoms. The molecular weight excluding hydrogens is 236 g/mol. The third-order valence-corrected chi connectivity index (χ3v) is 2.56. The summed E-state index contributed by atoms with van der Waals surface area (Å²) < 4.78 is 28.1. The van der Waals surface area contributed by atoms with Gasteiger partial charge in [0, 0.05) is 12.8 Å². The van der Waals surface area contributed by atoms with Crippen LogP contribution in [0.25, 0.3) is 0 Å². The highest BCUT2D eigenvalue weighted by Gasteiger charge is 2.41. The molecule has 9 heteroatoms. The Balaban J connectivity index is 2.65. The monoisotopic (exact) mass is 250 g/mol. The van der Waals surface area contributed by atoms with E-state index >= 15 is 0 Å². The Morgan fingerprint density at radius 3 is 2.31 bits per heavy atom. The minimum atomic E-state index is -3.64. The summed E-state index contributed by atoms with van der Waals surface area (Å²) in [5, 5.41) is 0. The third kappa shape index (κ3) is 3.57. The van der Waals surface area contributed by atoms with Gasteiger partial charge in [-0.2, -0.15) is 0 Å². The van der Waals surface area contributed by atoms with Gasteiger partial charge >= 0.3 is 6.09 Å². The molecule has 0 atom stereocenters. The number of amides is 1. The summed E-state index contributed by atoms with van der Waals surface area (Å²) in [6, 6.07) is 0. The van der Waals surface area contributed by atoms with Crippen LogP contribution in [0, 0.1) is 0 Å². The smallest absolute Gasteiger partial charge is 0.420 e. The number of rotatable bonds is 3. The molecule has 1 aliphatic rings. The van der Waals surface area contributed by atoms with E-state index in [1.54, 1.807) is 4.72 Å². The van der Waals surface area contributed by atoms with Crippen LogP contribution in [0.5, 0.6) is 0 Å². The van der Waals surface area contributed by atoms with Crippen LogP contribution in [-0.2, 0) is 14.8 Å². The van der Waals surface area contributed by atoms with E-state index in [1.165, 1.54) is 0 Å². The zero-order valence-corrected chi connectivity index (χ0v) is 9.58. The fourth-order valence-corrected chi connectivity index (χ4v) is 1.64. The fourth-order valence-electron chi connectivity index (χ4n) is 1.30. The second kappa shape index (κ2) is 4.16. The van der Waals surface area contributed by atoms with Gasteiger partial charge in [0.25, 0.3) is 0 Å². The summed E-state index contributed by atoms with van der Waals surface area (Å²) in [7, 11) is -3.64. The van der Waals surface area contributed by atoms with Crippen LogP contribution in [0.2, 0.25) is 0 Å². The predicted octanol–water partition coefficient (Wildman–Crippen LogP) is -1.17. The number of aliphatic imine (C=N–C) groups is 1. The molecule has 0 unspecified atom stereocenters. The average molecular weight is 250 g/mol. The summed E-state index contributed by atoms with van der Waals surface area (Å²) in [5.41, 5.74) is 9.27. The maximum atomic E-state index is 11.2. The third-order valence-electron chi connectivity index (χ3n) is 2.02. The highest BCUT2D eigenvalue weighted by atomic mass is 32.2. The van der Waals surface area contributed by atoms with Gasteiger partial charge in [-0.25, -0.2) is 22.9 Å². The van der Waals surface area contributed by atoms with Crippen molar-refractivity contribution in [3.05, 3.63) is 0 Å². The van der Waals surface area contributed by atoms with Crippen molar-refractivity contribution in [2.45, 2.75) is 25.0 Å². The van der Waals surface area contributed by atoms with E-state index in [9.17, 15) is 13.2 Å². The number of nitrogens with zero attached hydrogens (tertiary/aromatic N) is 1. The Hall–Kier alpha value is -1.51. The molecule has 0 bridgehead atoms. The van der Waals surface area contributed by atoms with Crippen LogP contribution in [-0.4, -0.2) is 32.5 Å². The Labute approximate surface area is 93.1 Å². The standard InChI is InChI=1S/C7H14N4O4S/c1-16(13,14)11-6(12)15-7(3-2-4-7)10-5(8)9/h2-4H2,1H3,(H,11,12)(H4,8,9,10). The number of hydrogen-bond donors (Lipinski definition) is 3. The zero-order valence-electron chi connectivity index (χ0n) is 8.76. The molecule has 5 N–H and O–H groups in total. The molecule has 1 rings (SSSR count). The molecule has 0 aromatic carbocycles. The normalized spacial score (nSPS) is 18.1. The highest BCUT2D eigenvalue weighted by Crippen LogP contribution is 2.36. The number of nitrogens with two attached hydrogens (primary N) is 2. The van der Waals surface area contributed by atoms with Gasteiger partial charge in [-0.15, -0.1) is 0 Å². The quantitative estimate of drug-likeness (QED) is 0.426. The molecule has 1 amide bonds. The van der Waals surface area contributed by atoms with Gasteiger partial charge in [-0.1, -0.05) is 0 Å². The molecule has 0 aliphatic heterocycles. The van der Waals surface area contributed by atoms with Gasteiger partial charge in [-0.3, -0.25) is 0 Å². The minimum absolute atomic E-state index is 0.202. The molecule has 0 aromatic heterocycles. The van der Waals surface area contributed by atoms with E-state index < -0.39 is 21.8 Å². The van der Waals surface area contributed by atoms with Crippen LogP contribution < -0.4 is 16.2 Å². The molecule has 0 spiro atoms. The maximum Gasteiger partial charge on any atom is 0.423 e. The second-order valence-electron chi connectivity index (χ2n) is 3.60. The first kappa shape index (κ1) is 12.6. The Morgan fingerprint density at radius 1 is 1.44 bits per heavy atom. The van der Waals surface area contributed by atoms with Crippen LogP contribution >= 0.6 is 0 Å². The van der Waals surface area contributed by atoms with Crippen molar-refractivity contribution in [1.82, 2.24) is 4.72 Å². The van der Waals surface area contributed by atoms with Crippen LogP contribution in [0.3, 0.4) is 0 Å². The lowest BCUT2D eigenvalue weighted by molar-refractivity contribution is -0.0377. The molecule has 1 saturated carbocycles. The predicted molar refractivity (Wildman–Crippen MR) is 56.9 cm³/mol. The summed E-state index contributed by atoms with van der Waals surface area (Å²) in [4.78, 5) is 15.0. The first-order valence-corrected chi connectivity index (χ1v) is 6.43. The van der Waals surface area contributed by atoms with Gasteiger partial charge in [0.2, 0.25) is 15.7 Å². The Kier molecular flexibility index (Phi) is 3.27. The van der Waals surface area contributed by atoms with Gasteiger partial charge in [0.1, 0.15) is 0 Å². The lowest BCUT2D eigenvalue weighted by Crippen LogP contribution is -2.46. The summed E-state index contributed by atoms with van der Waals surface area (Å²) in [6.07, 6.45) is 1.53. The van der Waals surface area contributed by atoms with Gasteiger partial charge in [0.15, 0.2) is 5.96 Å². The molecule has 1 fully saturated rings. The van der Waals surface area contributed by atoms with Crippen molar-refractivity contribution in [2.75, 3.05) is 6.26 Å².